The highest BCUT2D eigenvalue weighted by atomic mass is 16.2. The molecular formula is C20H23N7O2. The second kappa shape index (κ2) is 7.16. The highest BCUT2D eigenvalue weighted by molar-refractivity contribution is 6.00. The lowest BCUT2D eigenvalue weighted by Gasteiger charge is -2.52. The number of aromatic nitrogens is 4. The molecule has 2 atom stereocenters. The maximum Gasteiger partial charge on any atom is 0.254 e. The summed E-state index contributed by atoms with van der Waals surface area (Å²) in [6.07, 6.45) is 7.08. The maximum atomic E-state index is 12.8. The number of rotatable bonds is 5. The Morgan fingerprint density at radius 2 is 2.00 bits per heavy atom. The van der Waals surface area contributed by atoms with Crippen molar-refractivity contribution in [2.75, 3.05) is 12.3 Å². The standard InChI is InChI=1S/C20H23N7O2/c1-20(2)13(11-22-17(28)12-9-23-19(21)24-10-12)8-16(20)26-18(29)14-4-3-7-27-15(14)5-6-25-27/h3-7,9-10,13,16H,8,11H2,1-2H3,(H,22,28)(H,26,29)(H2,21,23,24). The fraction of sp³-hybridized carbons (Fsp3) is 0.350. The van der Waals surface area contributed by atoms with Gasteiger partial charge in [-0.05, 0) is 36.0 Å². The van der Waals surface area contributed by atoms with Crippen LogP contribution in [0.2, 0.25) is 0 Å². The van der Waals surface area contributed by atoms with E-state index in [1.54, 1.807) is 22.8 Å². The van der Waals surface area contributed by atoms with Gasteiger partial charge in [0.25, 0.3) is 11.8 Å². The molecule has 9 heteroatoms. The highest BCUT2D eigenvalue weighted by Gasteiger charge is 2.48. The Morgan fingerprint density at radius 3 is 2.72 bits per heavy atom. The molecule has 3 aromatic rings. The van der Waals surface area contributed by atoms with Gasteiger partial charge in [-0.15, -0.1) is 0 Å². The first-order chi connectivity index (χ1) is 13.9. The summed E-state index contributed by atoms with van der Waals surface area (Å²) in [7, 11) is 0. The van der Waals surface area contributed by atoms with Crippen LogP contribution in [0.5, 0.6) is 0 Å². The lowest BCUT2D eigenvalue weighted by Crippen LogP contribution is -2.60. The van der Waals surface area contributed by atoms with E-state index in [2.05, 4.69) is 39.5 Å². The van der Waals surface area contributed by atoms with E-state index in [0.717, 1.165) is 11.9 Å². The van der Waals surface area contributed by atoms with Gasteiger partial charge in [-0.2, -0.15) is 5.10 Å². The van der Waals surface area contributed by atoms with Gasteiger partial charge in [0, 0.05) is 31.2 Å². The van der Waals surface area contributed by atoms with Gasteiger partial charge in [-0.25, -0.2) is 14.5 Å². The third-order valence-electron chi connectivity index (χ3n) is 5.90. The smallest absolute Gasteiger partial charge is 0.254 e. The van der Waals surface area contributed by atoms with Gasteiger partial charge in [0.2, 0.25) is 5.95 Å². The molecule has 0 aromatic carbocycles. The van der Waals surface area contributed by atoms with Crippen LogP contribution in [0, 0.1) is 11.3 Å². The number of amides is 2. The van der Waals surface area contributed by atoms with E-state index in [1.165, 1.54) is 12.4 Å². The summed E-state index contributed by atoms with van der Waals surface area (Å²) < 4.78 is 1.68. The van der Waals surface area contributed by atoms with Crippen molar-refractivity contribution in [1.82, 2.24) is 30.2 Å². The van der Waals surface area contributed by atoms with Crippen LogP contribution in [-0.4, -0.2) is 44.0 Å². The number of hydrogen-bond donors (Lipinski definition) is 3. The minimum Gasteiger partial charge on any atom is -0.368 e. The van der Waals surface area contributed by atoms with E-state index in [0.29, 0.717) is 17.7 Å². The predicted molar refractivity (Wildman–Crippen MR) is 107 cm³/mol. The van der Waals surface area contributed by atoms with Crippen molar-refractivity contribution in [3.63, 3.8) is 0 Å². The van der Waals surface area contributed by atoms with E-state index in [9.17, 15) is 9.59 Å². The molecule has 1 aliphatic rings. The van der Waals surface area contributed by atoms with Crippen molar-refractivity contribution in [3.05, 3.63) is 54.1 Å². The molecule has 2 unspecified atom stereocenters. The second-order valence-electron chi connectivity index (χ2n) is 7.90. The molecule has 0 radical (unpaired) electrons. The molecule has 4 rings (SSSR count). The third-order valence-corrected chi connectivity index (χ3v) is 5.90. The van der Waals surface area contributed by atoms with Crippen molar-refractivity contribution >= 4 is 23.3 Å². The van der Waals surface area contributed by atoms with Crippen LogP contribution in [0.3, 0.4) is 0 Å². The van der Waals surface area contributed by atoms with Gasteiger partial charge in [0.1, 0.15) is 0 Å². The number of nitrogen functional groups attached to an aromatic ring is 1. The van der Waals surface area contributed by atoms with Crippen LogP contribution in [0.4, 0.5) is 5.95 Å². The number of anilines is 1. The predicted octanol–water partition coefficient (Wildman–Crippen LogP) is 1.28. The summed E-state index contributed by atoms with van der Waals surface area (Å²) in [6, 6.07) is 5.45. The zero-order valence-corrected chi connectivity index (χ0v) is 16.3. The minimum absolute atomic E-state index is 0.0277. The number of pyridine rings is 1. The van der Waals surface area contributed by atoms with Crippen LogP contribution in [0.1, 0.15) is 41.0 Å². The summed E-state index contributed by atoms with van der Waals surface area (Å²) in [4.78, 5) is 32.7. The lowest BCUT2D eigenvalue weighted by atomic mass is 9.58. The summed E-state index contributed by atoms with van der Waals surface area (Å²) in [5.74, 6) is 0.0282. The van der Waals surface area contributed by atoms with Crippen LogP contribution >= 0.6 is 0 Å². The lowest BCUT2D eigenvalue weighted by molar-refractivity contribution is 0.0150. The molecular weight excluding hydrogens is 370 g/mol. The van der Waals surface area contributed by atoms with Gasteiger partial charge in [0.05, 0.1) is 22.8 Å². The first-order valence-electron chi connectivity index (χ1n) is 9.45. The van der Waals surface area contributed by atoms with Crippen molar-refractivity contribution in [3.8, 4) is 0 Å². The molecule has 0 aliphatic heterocycles. The average molecular weight is 393 g/mol. The zero-order valence-electron chi connectivity index (χ0n) is 16.3. The van der Waals surface area contributed by atoms with Crippen molar-refractivity contribution < 1.29 is 9.59 Å². The molecule has 2 amide bonds. The number of nitrogens with one attached hydrogen (secondary N) is 2. The fourth-order valence-corrected chi connectivity index (χ4v) is 3.76. The van der Waals surface area contributed by atoms with Crippen LogP contribution in [-0.2, 0) is 0 Å². The van der Waals surface area contributed by atoms with Crippen LogP contribution in [0.25, 0.3) is 5.52 Å². The normalized spacial score (nSPS) is 20.1. The van der Waals surface area contributed by atoms with E-state index in [1.807, 2.05) is 12.3 Å². The number of hydrogen-bond acceptors (Lipinski definition) is 6. The topological polar surface area (TPSA) is 127 Å². The quantitative estimate of drug-likeness (QED) is 0.599. The summed E-state index contributed by atoms with van der Waals surface area (Å²) in [6.45, 7) is 4.72. The Balaban J connectivity index is 1.35. The molecule has 1 saturated carbocycles. The number of carbonyl (C=O) groups excluding carboxylic acids is 2. The molecule has 1 fully saturated rings. The van der Waals surface area contributed by atoms with E-state index >= 15 is 0 Å². The SMILES string of the molecule is CC1(C)C(CNC(=O)c2cnc(N)nc2)CC1NC(=O)c1cccn2nccc12. The van der Waals surface area contributed by atoms with E-state index in [-0.39, 0.29) is 35.1 Å². The molecule has 9 nitrogen and oxygen atoms in total. The van der Waals surface area contributed by atoms with E-state index in [4.69, 9.17) is 5.73 Å². The molecule has 150 valence electrons. The number of carbonyl (C=O) groups is 2. The molecule has 4 N–H and O–H groups in total. The Kier molecular flexibility index (Phi) is 4.65. The largest absolute Gasteiger partial charge is 0.368 e. The first kappa shape index (κ1) is 18.9. The monoisotopic (exact) mass is 393 g/mol. The average Bonchev–Trinajstić information content (AvgIpc) is 3.19. The van der Waals surface area contributed by atoms with Crippen molar-refractivity contribution in [2.24, 2.45) is 11.3 Å². The second-order valence-corrected chi connectivity index (χ2v) is 7.90. The van der Waals surface area contributed by atoms with Gasteiger partial charge < -0.3 is 16.4 Å². The van der Waals surface area contributed by atoms with Gasteiger partial charge in [0.15, 0.2) is 0 Å². The zero-order chi connectivity index (χ0) is 20.6. The summed E-state index contributed by atoms with van der Waals surface area (Å²) >= 11 is 0. The number of nitrogens with two attached hydrogens (primary N) is 1. The number of fused-ring (bicyclic) bond motifs is 1. The summed E-state index contributed by atoms with van der Waals surface area (Å²) in [5.41, 5.74) is 7.04. The van der Waals surface area contributed by atoms with Gasteiger partial charge in [-0.1, -0.05) is 13.8 Å². The molecule has 3 aromatic heterocycles. The summed E-state index contributed by atoms with van der Waals surface area (Å²) in [5, 5.41) is 10.2. The third kappa shape index (κ3) is 3.51. The Bertz CT molecular complexity index is 1060. The van der Waals surface area contributed by atoms with E-state index < -0.39 is 0 Å². The molecule has 0 bridgehead atoms. The molecule has 1 aliphatic carbocycles. The fourth-order valence-electron chi connectivity index (χ4n) is 3.76. The minimum atomic E-state index is -0.235. The Labute approximate surface area is 167 Å². The van der Waals surface area contributed by atoms with Crippen molar-refractivity contribution in [2.45, 2.75) is 26.3 Å². The Hall–Kier alpha value is -3.49. The van der Waals surface area contributed by atoms with Gasteiger partial charge >= 0.3 is 0 Å². The molecule has 29 heavy (non-hydrogen) atoms. The molecule has 3 heterocycles. The molecule has 0 saturated heterocycles. The number of nitrogens with zero attached hydrogens (tertiary/aromatic N) is 4. The van der Waals surface area contributed by atoms with Crippen molar-refractivity contribution in [1.29, 1.82) is 0 Å². The maximum absolute atomic E-state index is 12.8. The first-order valence-corrected chi connectivity index (χ1v) is 9.45. The van der Waals surface area contributed by atoms with Gasteiger partial charge in [-0.3, -0.25) is 9.59 Å². The van der Waals surface area contributed by atoms with Crippen LogP contribution < -0.4 is 16.4 Å². The highest BCUT2D eigenvalue weighted by Crippen LogP contribution is 2.46. The van der Waals surface area contributed by atoms with Crippen LogP contribution in [0.15, 0.2) is 43.0 Å². The Morgan fingerprint density at radius 1 is 1.24 bits per heavy atom. The molecule has 0 spiro atoms.